The molecule has 32 heavy (non-hydrogen) atoms. The third-order valence-electron chi connectivity index (χ3n) is 4.67. The highest BCUT2D eigenvalue weighted by molar-refractivity contribution is 7.89. The van der Waals surface area contributed by atoms with Crippen molar-refractivity contribution in [3.8, 4) is 0 Å². The van der Waals surface area contributed by atoms with E-state index in [0.717, 1.165) is 0 Å². The number of carbonyl (C=O) groups is 1. The summed E-state index contributed by atoms with van der Waals surface area (Å²) in [5.74, 6) is 0.0960. The molecule has 0 unspecified atom stereocenters. The molecule has 0 radical (unpaired) electrons. The number of fused-ring (bicyclic) bond motifs is 1. The van der Waals surface area contributed by atoms with Crippen LogP contribution >= 0.6 is 23.2 Å². The van der Waals surface area contributed by atoms with Crippen molar-refractivity contribution in [2.45, 2.75) is 31.3 Å². The molecule has 2 aromatic carbocycles. The van der Waals surface area contributed by atoms with Crippen LogP contribution in [0.15, 0.2) is 47.4 Å². The highest BCUT2D eigenvalue weighted by Crippen LogP contribution is 2.26. The van der Waals surface area contributed by atoms with Crippen molar-refractivity contribution in [2.75, 3.05) is 12.4 Å². The first kappa shape index (κ1) is 24.2. The molecule has 1 atom stereocenters. The van der Waals surface area contributed by atoms with E-state index in [2.05, 4.69) is 20.0 Å². The maximum Gasteiger partial charge on any atom is 0.328 e. The lowest BCUT2D eigenvalue weighted by Crippen LogP contribution is -2.36. The lowest BCUT2D eigenvalue weighted by atomic mass is 10.0. The Morgan fingerprint density at radius 3 is 2.53 bits per heavy atom. The van der Waals surface area contributed by atoms with Gasteiger partial charge in [-0.05, 0) is 36.2 Å². The number of halogens is 2. The van der Waals surface area contributed by atoms with E-state index in [0.29, 0.717) is 16.7 Å². The van der Waals surface area contributed by atoms with Crippen LogP contribution in [0.4, 0.5) is 5.82 Å². The van der Waals surface area contributed by atoms with Crippen LogP contribution in [-0.2, 0) is 26.1 Å². The Morgan fingerprint density at radius 2 is 1.84 bits per heavy atom. The summed E-state index contributed by atoms with van der Waals surface area (Å²) in [6.45, 7) is 3.55. The van der Waals surface area contributed by atoms with E-state index < -0.39 is 22.0 Å². The number of carbonyl (C=O) groups excluding carboxylic acids is 1. The van der Waals surface area contributed by atoms with Gasteiger partial charge in [0.2, 0.25) is 10.0 Å². The molecule has 1 heterocycles. The number of hydrogen-bond acceptors (Lipinski definition) is 7. The van der Waals surface area contributed by atoms with Crippen molar-refractivity contribution in [1.29, 1.82) is 0 Å². The molecule has 0 amide bonds. The first-order chi connectivity index (χ1) is 15.1. The fraction of sp³-hybridized carbons (Fsp3) is 0.286. The molecule has 0 bridgehead atoms. The summed E-state index contributed by atoms with van der Waals surface area (Å²) in [5, 5.41) is 4.09. The highest BCUT2D eigenvalue weighted by atomic mass is 35.5. The zero-order valence-corrected chi connectivity index (χ0v) is 19.9. The normalized spacial score (nSPS) is 12.7. The number of ether oxygens (including phenoxy) is 1. The molecule has 3 rings (SSSR count). The molecule has 0 saturated heterocycles. The van der Waals surface area contributed by atoms with Crippen LogP contribution in [0.3, 0.4) is 0 Å². The van der Waals surface area contributed by atoms with E-state index in [1.807, 2.05) is 26.0 Å². The number of methoxy groups -OCH3 is 1. The molecule has 2 N–H and O–H groups in total. The van der Waals surface area contributed by atoms with Gasteiger partial charge in [0.1, 0.15) is 22.6 Å². The first-order valence-electron chi connectivity index (χ1n) is 9.67. The second-order valence-electron chi connectivity index (χ2n) is 7.29. The van der Waals surface area contributed by atoms with Crippen LogP contribution < -0.4 is 10.0 Å². The van der Waals surface area contributed by atoms with Crippen LogP contribution in [0.2, 0.25) is 10.0 Å². The number of benzene rings is 2. The Morgan fingerprint density at radius 1 is 1.12 bits per heavy atom. The van der Waals surface area contributed by atoms with Gasteiger partial charge in [-0.1, -0.05) is 49.2 Å². The van der Waals surface area contributed by atoms with Gasteiger partial charge in [0, 0.05) is 10.4 Å². The van der Waals surface area contributed by atoms with Gasteiger partial charge >= 0.3 is 5.97 Å². The minimum Gasteiger partial charge on any atom is -0.467 e. The maximum atomic E-state index is 12.7. The van der Waals surface area contributed by atoms with Crippen molar-refractivity contribution < 1.29 is 17.9 Å². The zero-order valence-electron chi connectivity index (χ0n) is 17.6. The number of rotatable bonds is 8. The average Bonchev–Trinajstić information content (AvgIpc) is 2.76. The predicted molar refractivity (Wildman–Crippen MR) is 124 cm³/mol. The molecule has 0 fully saturated rings. The van der Waals surface area contributed by atoms with Crippen molar-refractivity contribution in [2.24, 2.45) is 5.92 Å². The Hall–Kier alpha value is -2.46. The third-order valence-corrected chi connectivity index (χ3v) is 6.78. The van der Waals surface area contributed by atoms with Crippen molar-refractivity contribution in [3.63, 3.8) is 0 Å². The Bertz CT molecular complexity index is 1250. The van der Waals surface area contributed by atoms with Gasteiger partial charge in [-0.2, -0.15) is 0 Å². The van der Waals surface area contributed by atoms with Gasteiger partial charge in [0.25, 0.3) is 0 Å². The van der Waals surface area contributed by atoms with Gasteiger partial charge in [0.15, 0.2) is 0 Å². The lowest BCUT2D eigenvalue weighted by Gasteiger charge is -2.21. The molecule has 11 heteroatoms. The van der Waals surface area contributed by atoms with E-state index in [1.54, 1.807) is 12.1 Å². The van der Waals surface area contributed by atoms with E-state index >= 15 is 0 Å². The number of hydrogen-bond donors (Lipinski definition) is 2. The van der Waals surface area contributed by atoms with E-state index in [9.17, 15) is 13.2 Å². The summed E-state index contributed by atoms with van der Waals surface area (Å²) in [6, 6.07) is 10.7. The second kappa shape index (κ2) is 9.99. The van der Waals surface area contributed by atoms with Crippen molar-refractivity contribution in [1.82, 2.24) is 14.7 Å². The fourth-order valence-corrected chi connectivity index (χ4v) is 4.75. The van der Waals surface area contributed by atoms with Crippen LogP contribution in [-0.4, -0.2) is 37.5 Å². The maximum absolute atomic E-state index is 12.7. The monoisotopic (exact) mass is 496 g/mol. The molecule has 1 aromatic heterocycles. The number of esters is 1. The summed E-state index contributed by atoms with van der Waals surface area (Å²) in [5.41, 5.74) is 0.590. The Balaban J connectivity index is 1.94. The quantitative estimate of drug-likeness (QED) is 0.453. The van der Waals surface area contributed by atoms with Crippen LogP contribution in [0.1, 0.15) is 19.7 Å². The summed E-state index contributed by atoms with van der Waals surface area (Å²) < 4.78 is 32.8. The number of aromatic nitrogens is 2. The number of nitrogens with one attached hydrogen (secondary N) is 2. The molecule has 0 aliphatic carbocycles. The Labute approximate surface area is 196 Å². The van der Waals surface area contributed by atoms with E-state index in [-0.39, 0.29) is 33.2 Å². The summed E-state index contributed by atoms with van der Waals surface area (Å²) in [6.07, 6.45) is 0. The first-order valence-corrected chi connectivity index (χ1v) is 11.9. The number of nitrogens with zero attached hydrogens (tertiary/aromatic N) is 2. The standard InChI is InChI=1S/C21H22Cl2N4O4S/c1-12(2)19(21(28)31-3)27-20-14-6-4-5-7-16(14)25-18(26-20)11-24-32(29,30)17-10-13(22)8-9-15(17)23/h4-10,12,19,24H,11H2,1-3H3,(H,25,26,27)/t19-/m0/s1. The smallest absolute Gasteiger partial charge is 0.328 e. The second-order valence-corrected chi connectivity index (χ2v) is 9.87. The van der Waals surface area contributed by atoms with Crippen LogP contribution in [0, 0.1) is 5.92 Å². The van der Waals surface area contributed by atoms with Gasteiger partial charge in [0.05, 0.1) is 24.2 Å². The molecule has 8 nitrogen and oxygen atoms in total. The number of anilines is 1. The van der Waals surface area contributed by atoms with Gasteiger partial charge in [-0.15, -0.1) is 0 Å². The molecule has 3 aromatic rings. The van der Waals surface area contributed by atoms with Crippen LogP contribution in [0.25, 0.3) is 10.9 Å². The number of sulfonamides is 1. The minimum absolute atomic E-state index is 0.0431. The Kier molecular flexibility index (Phi) is 7.55. The zero-order chi connectivity index (χ0) is 23.5. The van der Waals surface area contributed by atoms with E-state index in [1.165, 1.54) is 25.3 Å². The summed E-state index contributed by atoms with van der Waals surface area (Å²) in [7, 11) is -2.65. The fourth-order valence-electron chi connectivity index (χ4n) is 3.01. The highest BCUT2D eigenvalue weighted by Gasteiger charge is 2.25. The van der Waals surface area contributed by atoms with Crippen molar-refractivity contribution >= 4 is 55.9 Å². The van der Waals surface area contributed by atoms with Gasteiger partial charge in [-0.25, -0.2) is 27.9 Å². The summed E-state index contributed by atoms with van der Waals surface area (Å²) >= 11 is 11.9. The largest absolute Gasteiger partial charge is 0.467 e. The lowest BCUT2D eigenvalue weighted by molar-refractivity contribution is -0.142. The SMILES string of the molecule is COC(=O)[C@@H](Nc1nc(CNS(=O)(=O)c2cc(Cl)ccc2Cl)nc2ccccc12)C(C)C. The predicted octanol–water partition coefficient (Wildman–Crippen LogP) is 4.02. The molecule has 170 valence electrons. The van der Waals surface area contributed by atoms with Crippen molar-refractivity contribution in [3.05, 3.63) is 58.3 Å². The molecule has 0 aliphatic heterocycles. The molecule has 0 saturated carbocycles. The van der Waals surface area contributed by atoms with Gasteiger partial charge < -0.3 is 10.1 Å². The molecule has 0 aliphatic rings. The molecule has 0 spiro atoms. The third kappa shape index (κ3) is 5.47. The minimum atomic E-state index is -3.97. The topological polar surface area (TPSA) is 110 Å². The number of para-hydroxylation sites is 1. The summed E-state index contributed by atoms with van der Waals surface area (Å²) in [4.78, 5) is 21.0. The van der Waals surface area contributed by atoms with Crippen LogP contribution in [0.5, 0.6) is 0 Å². The van der Waals surface area contributed by atoms with E-state index in [4.69, 9.17) is 27.9 Å². The molecular weight excluding hydrogens is 475 g/mol. The molecular formula is C21H22Cl2N4O4S. The average molecular weight is 497 g/mol. The van der Waals surface area contributed by atoms with Gasteiger partial charge in [-0.3, -0.25) is 0 Å².